The van der Waals surface area contributed by atoms with Crippen molar-refractivity contribution < 1.29 is 17.9 Å². The largest absolute Gasteiger partial charge is 0.494 e. The lowest BCUT2D eigenvalue weighted by molar-refractivity contribution is -0.120. The van der Waals surface area contributed by atoms with Gasteiger partial charge in [-0.15, -0.1) is 11.8 Å². The number of carbonyl (C=O) groups excluding carboxylic acids is 1. The molecule has 6 nitrogen and oxygen atoms in total. The summed E-state index contributed by atoms with van der Waals surface area (Å²) in [4.78, 5) is 14.1. The second-order valence-corrected chi connectivity index (χ2v) is 11.2. The molecule has 0 spiro atoms. The summed E-state index contributed by atoms with van der Waals surface area (Å²) in [5.74, 6) is 1.62. The van der Waals surface area contributed by atoms with Crippen LogP contribution >= 0.6 is 11.8 Å². The van der Waals surface area contributed by atoms with Crippen LogP contribution in [0.5, 0.6) is 5.75 Å². The first-order chi connectivity index (χ1) is 15.4. The molecule has 2 aromatic rings. The minimum atomic E-state index is -3.92. The predicted octanol–water partition coefficient (Wildman–Crippen LogP) is 4.31. The highest BCUT2D eigenvalue weighted by molar-refractivity contribution is 7.98. The Balaban J connectivity index is 1.58. The van der Waals surface area contributed by atoms with Crippen LogP contribution in [-0.4, -0.2) is 39.8 Å². The fraction of sp³-hybridized carbons (Fsp3) is 0.458. The van der Waals surface area contributed by atoms with Gasteiger partial charge in [0.25, 0.3) is 10.0 Å². The number of nitrogens with zero attached hydrogens (tertiary/aromatic N) is 1. The van der Waals surface area contributed by atoms with Crippen LogP contribution in [0.2, 0.25) is 0 Å². The van der Waals surface area contributed by atoms with E-state index in [1.807, 2.05) is 13.2 Å². The van der Waals surface area contributed by atoms with Gasteiger partial charge in [-0.2, -0.15) is 0 Å². The third kappa shape index (κ3) is 4.91. The van der Waals surface area contributed by atoms with Crippen LogP contribution in [0.15, 0.2) is 58.3 Å². The second-order valence-electron chi connectivity index (χ2n) is 8.46. The Labute approximate surface area is 194 Å². The van der Waals surface area contributed by atoms with E-state index >= 15 is 0 Å². The third-order valence-electron chi connectivity index (χ3n) is 6.45. The van der Waals surface area contributed by atoms with Crippen molar-refractivity contribution in [3.8, 4) is 5.75 Å². The number of hydrogen-bond acceptors (Lipinski definition) is 5. The fourth-order valence-electron chi connectivity index (χ4n) is 4.87. The number of carbonyl (C=O) groups is 1. The van der Waals surface area contributed by atoms with E-state index in [2.05, 4.69) is 5.32 Å². The molecule has 0 aromatic heterocycles. The fourth-order valence-corrected chi connectivity index (χ4v) is 6.70. The van der Waals surface area contributed by atoms with Crippen molar-refractivity contribution in [1.29, 1.82) is 0 Å². The Hall–Kier alpha value is -2.19. The highest BCUT2D eigenvalue weighted by Crippen LogP contribution is 2.44. The standard InChI is InChI=1S/C24H30N2O4S2/c1-3-30-20-8-6-19(7-9-20)26(32(28,29)22-12-10-21(31-2)11-13-22)16-24(27)25-23-15-17-4-5-18(23)14-17/h6-13,17-18,23H,3-5,14-16H2,1-2H3,(H,25,27)/t17-,18+,23-/m1/s1. The molecule has 2 aromatic carbocycles. The van der Waals surface area contributed by atoms with Crippen LogP contribution < -0.4 is 14.4 Å². The SMILES string of the molecule is CCOc1ccc(N(CC(=O)N[C@@H]2C[C@@H]3CC[C@H]2C3)S(=O)(=O)c2ccc(SC)cc2)cc1. The molecule has 2 fully saturated rings. The molecule has 8 heteroatoms. The Morgan fingerprint density at radius 3 is 2.38 bits per heavy atom. The lowest BCUT2D eigenvalue weighted by Crippen LogP contribution is -2.45. The minimum absolute atomic E-state index is 0.159. The number of ether oxygens (including phenoxy) is 1. The van der Waals surface area contributed by atoms with Crippen molar-refractivity contribution in [3.05, 3.63) is 48.5 Å². The zero-order valence-corrected chi connectivity index (χ0v) is 20.1. The first-order valence-electron chi connectivity index (χ1n) is 11.1. The maximum absolute atomic E-state index is 13.6. The lowest BCUT2D eigenvalue weighted by atomic mass is 9.95. The van der Waals surface area contributed by atoms with Gasteiger partial charge in [0.1, 0.15) is 12.3 Å². The maximum Gasteiger partial charge on any atom is 0.264 e. The van der Waals surface area contributed by atoms with Crippen LogP contribution in [0.4, 0.5) is 5.69 Å². The van der Waals surface area contributed by atoms with Crippen LogP contribution in [0, 0.1) is 11.8 Å². The molecule has 2 bridgehead atoms. The zero-order valence-electron chi connectivity index (χ0n) is 18.5. The lowest BCUT2D eigenvalue weighted by Gasteiger charge is -2.27. The summed E-state index contributed by atoms with van der Waals surface area (Å²) >= 11 is 1.55. The highest BCUT2D eigenvalue weighted by atomic mass is 32.2. The van der Waals surface area contributed by atoms with Crippen LogP contribution in [0.25, 0.3) is 0 Å². The molecule has 0 saturated heterocycles. The van der Waals surface area contributed by atoms with Gasteiger partial charge in [0, 0.05) is 10.9 Å². The number of fused-ring (bicyclic) bond motifs is 2. The summed E-state index contributed by atoms with van der Waals surface area (Å²) in [5, 5.41) is 3.11. The molecule has 1 amide bonds. The number of amides is 1. The third-order valence-corrected chi connectivity index (χ3v) is 8.99. The molecule has 32 heavy (non-hydrogen) atoms. The molecule has 2 aliphatic carbocycles. The summed E-state index contributed by atoms with van der Waals surface area (Å²) in [5.41, 5.74) is 0.436. The van der Waals surface area contributed by atoms with E-state index in [0.29, 0.717) is 29.9 Å². The highest BCUT2D eigenvalue weighted by Gasteiger charge is 2.40. The van der Waals surface area contributed by atoms with Crippen molar-refractivity contribution in [1.82, 2.24) is 5.32 Å². The summed E-state index contributed by atoms with van der Waals surface area (Å²) in [6.07, 6.45) is 6.51. The minimum Gasteiger partial charge on any atom is -0.494 e. The van der Waals surface area contributed by atoms with Crippen molar-refractivity contribution in [2.45, 2.75) is 48.4 Å². The summed E-state index contributed by atoms with van der Waals surface area (Å²) in [6, 6.07) is 13.7. The molecule has 0 unspecified atom stereocenters. The van der Waals surface area contributed by atoms with E-state index in [0.717, 1.165) is 17.7 Å². The molecule has 2 aliphatic rings. The number of hydrogen-bond donors (Lipinski definition) is 1. The number of nitrogens with one attached hydrogen (secondary N) is 1. The zero-order chi connectivity index (χ0) is 22.7. The van der Waals surface area contributed by atoms with Crippen molar-refractivity contribution in [2.75, 3.05) is 23.7 Å². The number of rotatable bonds is 9. The van der Waals surface area contributed by atoms with Gasteiger partial charge in [0.05, 0.1) is 17.2 Å². The molecule has 4 rings (SSSR count). The Morgan fingerprint density at radius 1 is 1.09 bits per heavy atom. The molecule has 0 aliphatic heterocycles. The topological polar surface area (TPSA) is 75.7 Å². The summed E-state index contributed by atoms with van der Waals surface area (Å²) < 4.78 is 33.8. The maximum atomic E-state index is 13.6. The van der Waals surface area contributed by atoms with Gasteiger partial charge in [-0.1, -0.05) is 6.42 Å². The Kier molecular flexibility index (Phi) is 7.00. The number of anilines is 1. The van der Waals surface area contributed by atoms with Gasteiger partial charge in [-0.05, 0) is 92.8 Å². The molecule has 2 saturated carbocycles. The van der Waals surface area contributed by atoms with Gasteiger partial charge >= 0.3 is 0 Å². The van der Waals surface area contributed by atoms with Crippen molar-refractivity contribution >= 4 is 33.4 Å². The first kappa shape index (κ1) is 23.0. The van der Waals surface area contributed by atoms with Gasteiger partial charge < -0.3 is 10.1 Å². The van der Waals surface area contributed by atoms with E-state index in [4.69, 9.17) is 4.74 Å². The molecular formula is C24H30N2O4S2. The molecule has 172 valence electrons. The molecule has 0 radical (unpaired) electrons. The smallest absolute Gasteiger partial charge is 0.264 e. The quantitative estimate of drug-likeness (QED) is 0.548. The van der Waals surface area contributed by atoms with E-state index in [1.54, 1.807) is 60.3 Å². The average Bonchev–Trinajstić information content (AvgIpc) is 3.42. The summed E-state index contributed by atoms with van der Waals surface area (Å²) in [7, 11) is -3.92. The second kappa shape index (κ2) is 9.75. The number of benzene rings is 2. The van der Waals surface area contributed by atoms with E-state index in [1.165, 1.54) is 17.1 Å². The Morgan fingerprint density at radius 2 is 1.81 bits per heavy atom. The first-order valence-corrected chi connectivity index (χ1v) is 13.8. The van der Waals surface area contributed by atoms with Crippen LogP contribution in [0.3, 0.4) is 0 Å². The van der Waals surface area contributed by atoms with E-state index in [-0.39, 0.29) is 23.4 Å². The Bertz CT molecular complexity index is 1040. The van der Waals surface area contributed by atoms with Crippen molar-refractivity contribution in [3.63, 3.8) is 0 Å². The van der Waals surface area contributed by atoms with Gasteiger partial charge in [-0.25, -0.2) is 8.42 Å². The molecular weight excluding hydrogens is 444 g/mol. The van der Waals surface area contributed by atoms with E-state index in [9.17, 15) is 13.2 Å². The van der Waals surface area contributed by atoms with Crippen LogP contribution in [0.1, 0.15) is 32.6 Å². The predicted molar refractivity (Wildman–Crippen MR) is 128 cm³/mol. The van der Waals surface area contributed by atoms with Gasteiger partial charge in [0.15, 0.2) is 0 Å². The monoisotopic (exact) mass is 474 g/mol. The molecule has 1 N–H and O–H groups in total. The normalized spacial score (nSPS) is 22.0. The summed E-state index contributed by atoms with van der Waals surface area (Å²) in [6.45, 7) is 2.16. The molecule has 0 heterocycles. The van der Waals surface area contributed by atoms with E-state index < -0.39 is 10.0 Å². The van der Waals surface area contributed by atoms with Gasteiger partial charge in [0.2, 0.25) is 5.91 Å². The number of thioether (sulfide) groups is 1. The number of sulfonamides is 1. The molecule has 3 atom stereocenters. The van der Waals surface area contributed by atoms with Crippen molar-refractivity contribution in [2.24, 2.45) is 11.8 Å². The van der Waals surface area contributed by atoms with Crippen LogP contribution in [-0.2, 0) is 14.8 Å². The van der Waals surface area contributed by atoms with Gasteiger partial charge in [-0.3, -0.25) is 9.10 Å². The average molecular weight is 475 g/mol.